The summed E-state index contributed by atoms with van der Waals surface area (Å²) in [5, 5.41) is 0.838. The lowest BCUT2D eigenvalue weighted by molar-refractivity contribution is 0.691. The van der Waals surface area contributed by atoms with Gasteiger partial charge in [0.05, 0.1) is 23.6 Å². The van der Waals surface area contributed by atoms with Crippen LogP contribution < -0.4 is 0 Å². The van der Waals surface area contributed by atoms with E-state index >= 15 is 0 Å². The Morgan fingerprint density at radius 3 is 2.89 bits per heavy atom. The second-order valence-electron chi connectivity index (χ2n) is 5.32. The third-order valence-corrected chi connectivity index (χ3v) is 4.44. The Morgan fingerprint density at radius 1 is 1.16 bits per heavy atom. The van der Waals surface area contributed by atoms with Crippen molar-refractivity contribution in [1.29, 1.82) is 0 Å². The molecule has 1 aromatic carbocycles. The molecular formula is C16H15ClN2. The summed E-state index contributed by atoms with van der Waals surface area (Å²) in [4.78, 5) is 4.56. The number of nitrogens with zero attached hydrogens (tertiary/aromatic N) is 2. The normalized spacial score (nSPS) is 16.4. The van der Waals surface area contributed by atoms with E-state index in [0.717, 1.165) is 36.7 Å². The van der Waals surface area contributed by atoms with E-state index in [9.17, 15) is 0 Å². The third kappa shape index (κ3) is 1.59. The van der Waals surface area contributed by atoms with Crippen molar-refractivity contribution in [2.24, 2.45) is 4.99 Å². The van der Waals surface area contributed by atoms with E-state index in [4.69, 9.17) is 11.6 Å². The molecule has 1 aliphatic carbocycles. The Bertz CT molecular complexity index is 710. The summed E-state index contributed by atoms with van der Waals surface area (Å²) in [6, 6.07) is 8.61. The monoisotopic (exact) mass is 270 g/mol. The number of aliphatic imine (C=N–C) groups is 1. The van der Waals surface area contributed by atoms with Crippen LogP contribution in [-0.4, -0.2) is 16.8 Å². The van der Waals surface area contributed by atoms with Crippen molar-refractivity contribution in [1.82, 2.24) is 4.57 Å². The number of aromatic nitrogens is 1. The number of hydrogen-bond donors (Lipinski definition) is 0. The van der Waals surface area contributed by atoms with E-state index in [2.05, 4.69) is 34.7 Å². The number of halogens is 1. The van der Waals surface area contributed by atoms with Gasteiger partial charge in [0.2, 0.25) is 0 Å². The summed E-state index contributed by atoms with van der Waals surface area (Å²) in [6.45, 7) is 3.99. The van der Waals surface area contributed by atoms with Crippen LogP contribution in [-0.2, 0) is 19.4 Å². The average Bonchev–Trinajstić information content (AvgIpc) is 2.79. The minimum absolute atomic E-state index is 0.838. The van der Waals surface area contributed by atoms with E-state index in [0.29, 0.717) is 0 Å². The van der Waals surface area contributed by atoms with Crippen molar-refractivity contribution in [2.75, 3.05) is 6.54 Å². The Balaban J connectivity index is 1.99. The van der Waals surface area contributed by atoms with Gasteiger partial charge in [0.15, 0.2) is 0 Å². The zero-order chi connectivity index (χ0) is 13.0. The van der Waals surface area contributed by atoms with Crippen molar-refractivity contribution in [3.63, 3.8) is 0 Å². The molecule has 4 rings (SSSR count). The van der Waals surface area contributed by atoms with Crippen molar-refractivity contribution in [3.05, 3.63) is 46.1 Å². The van der Waals surface area contributed by atoms with Gasteiger partial charge in [0.25, 0.3) is 0 Å². The molecule has 0 amide bonds. The van der Waals surface area contributed by atoms with Crippen LogP contribution >= 0.6 is 11.6 Å². The van der Waals surface area contributed by atoms with Gasteiger partial charge in [0.1, 0.15) is 0 Å². The molecule has 19 heavy (non-hydrogen) atoms. The maximum Gasteiger partial charge on any atom is 0.0626 e. The molecule has 2 nitrogen and oxygen atoms in total. The molecule has 0 radical (unpaired) electrons. The van der Waals surface area contributed by atoms with Gasteiger partial charge in [-0.1, -0.05) is 17.7 Å². The van der Waals surface area contributed by atoms with Gasteiger partial charge in [-0.3, -0.25) is 4.99 Å². The first kappa shape index (κ1) is 11.3. The SMILES string of the molecule is CC1=NCCn2c1cc1c2-c2ccc(Cl)cc2CC1. The molecule has 1 aliphatic heterocycles. The minimum atomic E-state index is 0.838. The van der Waals surface area contributed by atoms with Crippen LogP contribution in [0.1, 0.15) is 23.7 Å². The quantitative estimate of drug-likeness (QED) is 0.694. The molecule has 0 saturated carbocycles. The fraction of sp³-hybridized carbons (Fsp3) is 0.312. The minimum Gasteiger partial charge on any atom is -0.337 e. The first-order valence-electron chi connectivity index (χ1n) is 6.76. The van der Waals surface area contributed by atoms with E-state index in [-0.39, 0.29) is 0 Å². The molecule has 0 spiro atoms. The summed E-state index contributed by atoms with van der Waals surface area (Å²) < 4.78 is 2.43. The molecule has 2 aliphatic rings. The zero-order valence-corrected chi connectivity index (χ0v) is 11.7. The highest BCUT2D eigenvalue weighted by Gasteiger charge is 2.24. The molecule has 0 N–H and O–H groups in total. The highest BCUT2D eigenvalue weighted by Crippen LogP contribution is 2.37. The highest BCUT2D eigenvalue weighted by atomic mass is 35.5. The summed E-state index contributed by atoms with van der Waals surface area (Å²) in [5.41, 5.74) is 8.03. The Morgan fingerprint density at radius 2 is 2.00 bits per heavy atom. The fourth-order valence-corrected chi connectivity index (χ4v) is 3.51. The largest absolute Gasteiger partial charge is 0.337 e. The Kier molecular flexibility index (Phi) is 2.36. The second kappa shape index (κ2) is 3.97. The zero-order valence-electron chi connectivity index (χ0n) is 10.9. The average molecular weight is 271 g/mol. The van der Waals surface area contributed by atoms with Crippen LogP contribution in [0.5, 0.6) is 0 Å². The highest BCUT2D eigenvalue weighted by molar-refractivity contribution is 6.30. The summed E-state index contributed by atoms with van der Waals surface area (Å²) in [6.07, 6.45) is 2.19. The third-order valence-electron chi connectivity index (χ3n) is 4.21. The van der Waals surface area contributed by atoms with E-state index in [1.807, 2.05) is 6.07 Å². The van der Waals surface area contributed by atoms with Gasteiger partial charge in [-0.05, 0) is 49.1 Å². The number of rotatable bonds is 0. The van der Waals surface area contributed by atoms with Crippen LogP contribution in [0.25, 0.3) is 11.3 Å². The van der Waals surface area contributed by atoms with Crippen molar-refractivity contribution >= 4 is 17.3 Å². The molecule has 2 aromatic rings. The predicted octanol–water partition coefficient (Wildman–Crippen LogP) is 3.73. The van der Waals surface area contributed by atoms with Gasteiger partial charge < -0.3 is 4.57 Å². The Hall–Kier alpha value is -1.54. The predicted molar refractivity (Wildman–Crippen MR) is 79.4 cm³/mol. The van der Waals surface area contributed by atoms with Crippen LogP contribution in [0.3, 0.4) is 0 Å². The smallest absolute Gasteiger partial charge is 0.0626 e. The number of fused-ring (bicyclic) bond motifs is 5. The second-order valence-corrected chi connectivity index (χ2v) is 5.76. The van der Waals surface area contributed by atoms with Gasteiger partial charge in [-0.25, -0.2) is 0 Å². The first-order chi connectivity index (χ1) is 9.24. The van der Waals surface area contributed by atoms with Gasteiger partial charge in [-0.15, -0.1) is 0 Å². The standard InChI is InChI=1S/C16H15ClN2/c1-10-15-9-12-3-2-11-8-13(17)4-5-14(11)16(12)19(15)7-6-18-10/h4-5,8-9H,2-3,6-7H2,1H3. The van der Waals surface area contributed by atoms with E-state index in [1.165, 1.54) is 28.1 Å². The van der Waals surface area contributed by atoms with Crippen molar-refractivity contribution in [3.8, 4) is 11.3 Å². The lowest BCUT2D eigenvalue weighted by Gasteiger charge is -2.22. The molecule has 3 heteroatoms. The van der Waals surface area contributed by atoms with Crippen molar-refractivity contribution < 1.29 is 0 Å². The summed E-state index contributed by atoms with van der Waals surface area (Å²) >= 11 is 6.12. The van der Waals surface area contributed by atoms with Crippen LogP contribution in [0, 0.1) is 0 Å². The lowest BCUT2D eigenvalue weighted by Crippen LogP contribution is -2.17. The molecule has 0 fully saturated rings. The van der Waals surface area contributed by atoms with Gasteiger partial charge in [0, 0.05) is 17.1 Å². The molecular weight excluding hydrogens is 256 g/mol. The van der Waals surface area contributed by atoms with Gasteiger partial charge >= 0.3 is 0 Å². The van der Waals surface area contributed by atoms with Crippen LogP contribution in [0.15, 0.2) is 29.3 Å². The number of hydrogen-bond acceptors (Lipinski definition) is 1. The molecule has 96 valence electrons. The lowest BCUT2D eigenvalue weighted by atomic mass is 9.90. The van der Waals surface area contributed by atoms with Crippen molar-refractivity contribution in [2.45, 2.75) is 26.3 Å². The Labute approximate surface area is 117 Å². The maximum atomic E-state index is 6.12. The molecule has 1 aromatic heterocycles. The molecule has 2 heterocycles. The summed E-state index contributed by atoms with van der Waals surface area (Å²) in [7, 11) is 0. The maximum absolute atomic E-state index is 6.12. The fourth-order valence-electron chi connectivity index (χ4n) is 3.31. The molecule has 0 saturated heterocycles. The van der Waals surface area contributed by atoms with E-state index < -0.39 is 0 Å². The molecule has 0 unspecified atom stereocenters. The molecule has 0 bridgehead atoms. The molecule has 0 atom stereocenters. The topological polar surface area (TPSA) is 17.3 Å². The first-order valence-corrected chi connectivity index (χ1v) is 7.14. The van der Waals surface area contributed by atoms with Gasteiger partial charge in [-0.2, -0.15) is 0 Å². The van der Waals surface area contributed by atoms with Crippen LogP contribution in [0.4, 0.5) is 0 Å². The van der Waals surface area contributed by atoms with E-state index in [1.54, 1.807) is 0 Å². The number of aryl methyl sites for hydroxylation is 2. The number of benzene rings is 1. The summed E-state index contributed by atoms with van der Waals surface area (Å²) in [5.74, 6) is 0. The van der Waals surface area contributed by atoms with Crippen LogP contribution in [0.2, 0.25) is 5.02 Å².